The molecule has 1 rings (SSSR count). The van der Waals surface area contributed by atoms with Gasteiger partial charge in [-0.3, -0.25) is 4.79 Å². The lowest BCUT2D eigenvalue weighted by atomic mass is 9.83. The normalized spacial score (nSPS) is 28.1. The van der Waals surface area contributed by atoms with Gasteiger partial charge in [0.25, 0.3) is 0 Å². The highest BCUT2D eigenvalue weighted by Crippen LogP contribution is 2.32. The van der Waals surface area contributed by atoms with Crippen LogP contribution in [0.3, 0.4) is 0 Å². The van der Waals surface area contributed by atoms with Crippen molar-refractivity contribution in [2.45, 2.75) is 32.6 Å². The van der Waals surface area contributed by atoms with Crippen LogP contribution < -0.4 is 0 Å². The fourth-order valence-electron chi connectivity index (χ4n) is 2.15. The molecule has 0 aromatic carbocycles. The molecule has 14 heavy (non-hydrogen) atoms. The maximum absolute atomic E-state index is 11.4. The van der Waals surface area contributed by atoms with Crippen LogP contribution in [0.25, 0.3) is 0 Å². The van der Waals surface area contributed by atoms with Gasteiger partial charge in [0.1, 0.15) is 0 Å². The number of carbonyl (C=O) groups excluding carboxylic acids is 1. The molecular weight excluding hydrogens is 195 g/mol. The Kier molecular flexibility index (Phi) is 5.47. The Balaban J connectivity index is 2.24. The predicted molar refractivity (Wildman–Crippen MR) is 61.2 cm³/mol. The van der Waals surface area contributed by atoms with Crippen LogP contribution in [-0.2, 0) is 9.53 Å². The van der Waals surface area contributed by atoms with Crippen LogP contribution in [0.1, 0.15) is 32.6 Å². The van der Waals surface area contributed by atoms with Crippen molar-refractivity contribution in [3.8, 4) is 0 Å². The maximum atomic E-state index is 11.4. The third-order valence-electron chi connectivity index (χ3n) is 2.96. The number of hydrogen-bond donors (Lipinski definition) is 0. The fraction of sp³-hybridized carbons (Fsp3) is 0.909. The van der Waals surface area contributed by atoms with Gasteiger partial charge in [0.15, 0.2) is 0 Å². The van der Waals surface area contributed by atoms with E-state index in [2.05, 4.69) is 6.66 Å². The Labute approximate surface area is 88.6 Å². The number of rotatable bonds is 4. The third-order valence-corrected chi connectivity index (χ3v) is 3.95. The molecule has 1 saturated carbocycles. The molecule has 1 aliphatic rings. The summed E-state index contributed by atoms with van der Waals surface area (Å²) in [5.41, 5.74) is 0. The first-order valence-corrected chi connectivity index (χ1v) is 7.29. The Morgan fingerprint density at radius 3 is 2.50 bits per heavy atom. The topological polar surface area (TPSA) is 26.3 Å². The lowest BCUT2D eigenvalue weighted by molar-refractivity contribution is -0.149. The summed E-state index contributed by atoms with van der Waals surface area (Å²) in [5.74, 6) is 1.11. The summed E-state index contributed by atoms with van der Waals surface area (Å²) in [6.07, 6.45) is 5.91. The van der Waals surface area contributed by atoms with Crippen molar-refractivity contribution in [2.75, 3.05) is 19.4 Å². The molecule has 0 radical (unpaired) electrons. The van der Waals surface area contributed by atoms with Crippen LogP contribution in [0.15, 0.2) is 0 Å². The molecule has 0 saturated heterocycles. The molecule has 0 N–H and O–H groups in total. The molecule has 0 aliphatic heterocycles. The monoisotopic (exact) mass is 216 g/mol. The van der Waals surface area contributed by atoms with Crippen LogP contribution >= 0.6 is 8.58 Å². The fourth-order valence-corrected chi connectivity index (χ4v) is 3.14. The lowest BCUT2D eigenvalue weighted by Gasteiger charge is -2.26. The maximum Gasteiger partial charge on any atom is 0.308 e. The SMILES string of the molecule is CCOC(=O)C1CCC(CPC)CC1. The van der Waals surface area contributed by atoms with E-state index in [-0.39, 0.29) is 11.9 Å². The molecule has 82 valence electrons. The Morgan fingerprint density at radius 2 is 2.00 bits per heavy atom. The van der Waals surface area contributed by atoms with Crippen molar-refractivity contribution in [1.82, 2.24) is 0 Å². The quantitative estimate of drug-likeness (QED) is 0.533. The molecule has 0 amide bonds. The molecule has 3 heteroatoms. The summed E-state index contributed by atoms with van der Waals surface area (Å²) in [5, 5.41) is 0. The summed E-state index contributed by atoms with van der Waals surface area (Å²) >= 11 is 0. The minimum absolute atomic E-state index is 0.0323. The molecule has 1 unspecified atom stereocenters. The van der Waals surface area contributed by atoms with E-state index in [4.69, 9.17) is 4.74 Å². The lowest BCUT2D eigenvalue weighted by Crippen LogP contribution is -2.24. The second-order valence-electron chi connectivity index (χ2n) is 4.03. The van der Waals surface area contributed by atoms with Gasteiger partial charge in [-0.2, -0.15) is 0 Å². The third kappa shape index (κ3) is 3.57. The van der Waals surface area contributed by atoms with Crippen molar-refractivity contribution < 1.29 is 9.53 Å². The molecule has 1 aliphatic carbocycles. The van der Waals surface area contributed by atoms with Gasteiger partial charge in [-0.25, -0.2) is 0 Å². The van der Waals surface area contributed by atoms with Crippen LogP contribution in [-0.4, -0.2) is 25.4 Å². The zero-order valence-corrected chi connectivity index (χ0v) is 10.2. The first kappa shape index (κ1) is 12.0. The summed E-state index contributed by atoms with van der Waals surface area (Å²) < 4.78 is 5.04. The number of ether oxygens (including phenoxy) is 1. The van der Waals surface area contributed by atoms with Gasteiger partial charge in [-0.15, -0.1) is 8.58 Å². The standard InChI is InChI=1S/C11H21O2P/c1-3-13-11(12)10-6-4-9(5-7-10)8-14-2/h9-10,14H,3-8H2,1-2H3. The number of carbonyl (C=O) groups is 1. The highest BCUT2D eigenvalue weighted by molar-refractivity contribution is 7.36. The zero-order valence-electron chi connectivity index (χ0n) is 9.21. The number of esters is 1. The van der Waals surface area contributed by atoms with Crippen molar-refractivity contribution in [2.24, 2.45) is 11.8 Å². The molecular formula is C11H21O2P. The van der Waals surface area contributed by atoms with E-state index in [1.165, 1.54) is 19.0 Å². The van der Waals surface area contributed by atoms with Crippen molar-refractivity contribution in [3.63, 3.8) is 0 Å². The highest BCUT2D eigenvalue weighted by atomic mass is 31.1. The Bertz CT molecular complexity index is 174. The molecule has 0 heterocycles. The van der Waals surface area contributed by atoms with Crippen LogP contribution in [0.5, 0.6) is 0 Å². The van der Waals surface area contributed by atoms with Crippen LogP contribution in [0.2, 0.25) is 0 Å². The highest BCUT2D eigenvalue weighted by Gasteiger charge is 2.26. The average molecular weight is 216 g/mol. The van der Waals surface area contributed by atoms with Gasteiger partial charge in [0.05, 0.1) is 12.5 Å². The van der Waals surface area contributed by atoms with E-state index in [0.29, 0.717) is 6.61 Å². The van der Waals surface area contributed by atoms with Gasteiger partial charge in [-0.1, -0.05) is 0 Å². The van der Waals surface area contributed by atoms with Gasteiger partial charge in [0, 0.05) is 0 Å². The van der Waals surface area contributed by atoms with E-state index < -0.39 is 0 Å². The second-order valence-corrected chi connectivity index (χ2v) is 5.14. The van der Waals surface area contributed by atoms with Gasteiger partial charge < -0.3 is 4.74 Å². The van der Waals surface area contributed by atoms with Gasteiger partial charge >= 0.3 is 5.97 Å². The predicted octanol–water partition coefficient (Wildman–Crippen LogP) is 2.66. The minimum Gasteiger partial charge on any atom is -0.466 e. The van der Waals surface area contributed by atoms with Gasteiger partial charge in [0.2, 0.25) is 0 Å². The minimum atomic E-state index is 0.0323. The summed E-state index contributed by atoms with van der Waals surface area (Å²) in [6.45, 7) is 4.66. The molecule has 0 spiro atoms. The molecule has 2 nitrogen and oxygen atoms in total. The molecule has 0 aromatic heterocycles. The molecule has 0 aromatic rings. The second kappa shape index (κ2) is 6.40. The Hall–Kier alpha value is -0.100. The van der Waals surface area contributed by atoms with Crippen LogP contribution in [0.4, 0.5) is 0 Å². The van der Waals surface area contributed by atoms with E-state index in [0.717, 1.165) is 27.3 Å². The summed E-state index contributed by atoms with van der Waals surface area (Å²) in [4.78, 5) is 11.4. The Morgan fingerprint density at radius 1 is 1.36 bits per heavy atom. The first-order chi connectivity index (χ1) is 6.77. The van der Waals surface area contributed by atoms with Crippen molar-refractivity contribution in [3.05, 3.63) is 0 Å². The molecule has 0 bridgehead atoms. The van der Waals surface area contributed by atoms with Crippen LogP contribution in [0, 0.1) is 11.8 Å². The smallest absolute Gasteiger partial charge is 0.308 e. The van der Waals surface area contributed by atoms with Crippen molar-refractivity contribution >= 4 is 14.6 Å². The summed E-state index contributed by atoms with van der Waals surface area (Å²) in [6, 6.07) is 0. The van der Waals surface area contributed by atoms with Crippen molar-refractivity contribution in [1.29, 1.82) is 0 Å². The average Bonchev–Trinajstić information content (AvgIpc) is 2.20. The molecule has 1 atom stereocenters. The first-order valence-electron chi connectivity index (χ1n) is 5.59. The van der Waals surface area contributed by atoms with E-state index in [1.54, 1.807) is 0 Å². The number of hydrogen-bond acceptors (Lipinski definition) is 2. The zero-order chi connectivity index (χ0) is 10.4. The summed E-state index contributed by atoms with van der Waals surface area (Å²) in [7, 11) is 1.06. The largest absolute Gasteiger partial charge is 0.466 e. The molecule has 1 fully saturated rings. The van der Waals surface area contributed by atoms with E-state index in [1.807, 2.05) is 6.92 Å². The van der Waals surface area contributed by atoms with Gasteiger partial charge in [-0.05, 0) is 51.4 Å². The van der Waals surface area contributed by atoms with E-state index in [9.17, 15) is 4.79 Å². The van der Waals surface area contributed by atoms with E-state index >= 15 is 0 Å².